The fourth-order valence-corrected chi connectivity index (χ4v) is 3.09. The van der Waals surface area contributed by atoms with E-state index in [1.54, 1.807) is 0 Å². The number of anilines is 1. The number of amides is 2. The summed E-state index contributed by atoms with van der Waals surface area (Å²) in [4.78, 5) is 24.0. The molecule has 2 N–H and O–H groups in total. The first-order valence-electron chi connectivity index (χ1n) is 10.0. The Bertz CT molecular complexity index is 863. The van der Waals surface area contributed by atoms with Crippen LogP contribution in [0.2, 0.25) is 5.02 Å². The highest BCUT2D eigenvalue weighted by Crippen LogP contribution is 2.30. The molecular weight excluding hydrogens is 388 g/mol. The van der Waals surface area contributed by atoms with Crippen LogP contribution in [-0.2, 0) is 9.59 Å². The molecule has 1 unspecified atom stereocenters. The topological polar surface area (TPSA) is 67.4 Å². The smallest absolute Gasteiger partial charge is 0.227 e. The second kappa shape index (κ2) is 9.79. The molecule has 0 saturated heterocycles. The number of hydrogen-bond acceptors (Lipinski definition) is 3. The van der Waals surface area contributed by atoms with Crippen LogP contribution in [0.5, 0.6) is 5.75 Å². The minimum atomic E-state index is -0.101. The highest BCUT2D eigenvalue weighted by molar-refractivity contribution is 6.31. The predicted molar refractivity (Wildman–Crippen MR) is 115 cm³/mol. The molecule has 2 aromatic carbocycles. The van der Waals surface area contributed by atoms with Crippen molar-refractivity contribution < 1.29 is 14.3 Å². The van der Waals surface area contributed by atoms with Gasteiger partial charge in [-0.05, 0) is 74.6 Å². The molecule has 0 radical (unpaired) electrons. The van der Waals surface area contributed by atoms with Gasteiger partial charge < -0.3 is 15.4 Å². The average molecular weight is 415 g/mol. The van der Waals surface area contributed by atoms with E-state index in [0.29, 0.717) is 24.5 Å². The maximum atomic E-state index is 12.2. The molecule has 1 aliphatic rings. The van der Waals surface area contributed by atoms with E-state index in [9.17, 15) is 9.59 Å². The zero-order chi connectivity index (χ0) is 20.8. The van der Waals surface area contributed by atoms with Crippen molar-refractivity contribution in [2.45, 2.75) is 45.6 Å². The van der Waals surface area contributed by atoms with Gasteiger partial charge in [0.05, 0.1) is 12.6 Å². The first kappa shape index (κ1) is 21.2. The third-order valence-electron chi connectivity index (χ3n) is 4.95. The van der Waals surface area contributed by atoms with Crippen LogP contribution in [0.25, 0.3) is 0 Å². The lowest BCUT2D eigenvalue weighted by Crippen LogP contribution is -2.26. The number of halogens is 1. The van der Waals surface area contributed by atoms with Crippen LogP contribution in [-0.4, -0.2) is 18.4 Å². The Morgan fingerprint density at radius 3 is 2.55 bits per heavy atom. The second-order valence-electron chi connectivity index (χ2n) is 7.54. The molecule has 1 aliphatic carbocycles. The van der Waals surface area contributed by atoms with Crippen LogP contribution < -0.4 is 15.4 Å². The lowest BCUT2D eigenvalue weighted by Gasteiger charge is -2.15. The van der Waals surface area contributed by atoms with Crippen LogP contribution in [0, 0.1) is 12.8 Å². The number of aryl methyl sites for hydroxylation is 1. The van der Waals surface area contributed by atoms with E-state index in [1.165, 1.54) is 0 Å². The Morgan fingerprint density at radius 2 is 1.90 bits per heavy atom. The van der Waals surface area contributed by atoms with Crippen molar-refractivity contribution in [3.8, 4) is 5.75 Å². The van der Waals surface area contributed by atoms with Gasteiger partial charge in [0.1, 0.15) is 5.75 Å². The minimum absolute atomic E-state index is 0.0144. The minimum Gasteiger partial charge on any atom is -0.494 e. The van der Waals surface area contributed by atoms with Crippen molar-refractivity contribution in [3.05, 3.63) is 58.6 Å². The van der Waals surface area contributed by atoms with E-state index in [4.69, 9.17) is 16.3 Å². The monoisotopic (exact) mass is 414 g/mol. The summed E-state index contributed by atoms with van der Waals surface area (Å²) in [6, 6.07) is 13.0. The van der Waals surface area contributed by atoms with Crippen molar-refractivity contribution >= 4 is 29.1 Å². The molecule has 2 amide bonds. The highest BCUT2D eigenvalue weighted by Gasteiger charge is 2.29. The van der Waals surface area contributed by atoms with E-state index >= 15 is 0 Å². The quantitative estimate of drug-likeness (QED) is 0.565. The summed E-state index contributed by atoms with van der Waals surface area (Å²) in [6.45, 7) is 4.35. The standard InChI is InChI=1S/C23H27ClN2O3/c1-15-14-20(11-12-21(15)24)29-13-3-4-22(27)25-16(2)17-7-9-19(10-8-17)26-23(28)18-5-6-18/h7-12,14,16,18H,3-6,13H2,1-2H3,(H,25,27)(H,26,28). The number of ether oxygens (including phenoxy) is 1. The van der Waals surface area contributed by atoms with Gasteiger partial charge in [0, 0.05) is 23.0 Å². The molecule has 0 heterocycles. The Hall–Kier alpha value is -2.53. The molecule has 2 aromatic rings. The van der Waals surface area contributed by atoms with Crippen molar-refractivity contribution in [2.75, 3.05) is 11.9 Å². The van der Waals surface area contributed by atoms with Gasteiger partial charge in [-0.1, -0.05) is 23.7 Å². The van der Waals surface area contributed by atoms with Crippen molar-refractivity contribution in [1.82, 2.24) is 5.32 Å². The third-order valence-corrected chi connectivity index (χ3v) is 5.37. The molecule has 1 atom stereocenters. The molecule has 29 heavy (non-hydrogen) atoms. The van der Waals surface area contributed by atoms with E-state index in [-0.39, 0.29) is 23.8 Å². The summed E-state index contributed by atoms with van der Waals surface area (Å²) in [6.07, 6.45) is 2.99. The molecular formula is C23H27ClN2O3. The molecule has 0 aliphatic heterocycles. The summed E-state index contributed by atoms with van der Waals surface area (Å²) in [5.74, 6) is 1.02. The second-order valence-corrected chi connectivity index (χ2v) is 7.94. The Balaban J connectivity index is 1.38. The first-order chi connectivity index (χ1) is 13.9. The van der Waals surface area contributed by atoms with E-state index < -0.39 is 0 Å². The molecule has 154 valence electrons. The lowest BCUT2D eigenvalue weighted by atomic mass is 10.1. The number of carbonyl (C=O) groups is 2. The Morgan fingerprint density at radius 1 is 1.17 bits per heavy atom. The summed E-state index contributed by atoms with van der Waals surface area (Å²) in [7, 11) is 0. The third kappa shape index (κ3) is 6.50. The number of benzene rings is 2. The summed E-state index contributed by atoms with van der Waals surface area (Å²) in [5, 5.41) is 6.63. The van der Waals surface area contributed by atoms with E-state index in [1.807, 2.05) is 56.3 Å². The van der Waals surface area contributed by atoms with Gasteiger partial charge in [-0.25, -0.2) is 0 Å². The number of nitrogens with one attached hydrogen (secondary N) is 2. The fraction of sp³-hybridized carbons (Fsp3) is 0.391. The lowest BCUT2D eigenvalue weighted by molar-refractivity contribution is -0.122. The first-order valence-corrected chi connectivity index (χ1v) is 10.4. The van der Waals surface area contributed by atoms with Gasteiger partial charge in [0.25, 0.3) is 0 Å². The van der Waals surface area contributed by atoms with Crippen molar-refractivity contribution in [1.29, 1.82) is 0 Å². The highest BCUT2D eigenvalue weighted by atomic mass is 35.5. The maximum Gasteiger partial charge on any atom is 0.227 e. The number of rotatable bonds is 9. The Labute approximate surface area is 176 Å². The van der Waals surface area contributed by atoms with Gasteiger partial charge >= 0.3 is 0 Å². The number of carbonyl (C=O) groups excluding carboxylic acids is 2. The molecule has 1 saturated carbocycles. The maximum absolute atomic E-state index is 12.2. The SMILES string of the molecule is Cc1cc(OCCCC(=O)NC(C)c2ccc(NC(=O)C3CC3)cc2)ccc1Cl. The van der Waals surface area contributed by atoms with Gasteiger partial charge in [-0.3, -0.25) is 9.59 Å². The average Bonchev–Trinajstić information content (AvgIpc) is 3.54. The molecule has 5 nitrogen and oxygen atoms in total. The van der Waals surface area contributed by atoms with Crippen LogP contribution in [0.3, 0.4) is 0 Å². The van der Waals surface area contributed by atoms with E-state index in [2.05, 4.69) is 10.6 Å². The van der Waals surface area contributed by atoms with Crippen molar-refractivity contribution in [2.24, 2.45) is 5.92 Å². The number of hydrogen-bond donors (Lipinski definition) is 2. The molecule has 6 heteroatoms. The molecule has 1 fully saturated rings. The van der Waals surface area contributed by atoms with Crippen LogP contribution in [0.1, 0.15) is 49.8 Å². The van der Waals surface area contributed by atoms with Gasteiger partial charge in [-0.15, -0.1) is 0 Å². The van der Waals surface area contributed by atoms with Crippen LogP contribution in [0.4, 0.5) is 5.69 Å². The molecule has 3 rings (SSSR count). The predicted octanol–water partition coefficient (Wildman–Crippen LogP) is 5.03. The van der Waals surface area contributed by atoms with Gasteiger partial charge in [-0.2, -0.15) is 0 Å². The zero-order valence-electron chi connectivity index (χ0n) is 16.8. The summed E-state index contributed by atoms with van der Waals surface area (Å²) < 4.78 is 5.67. The largest absolute Gasteiger partial charge is 0.494 e. The normalized spacial score (nSPS) is 14.2. The van der Waals surface area contributed by atoms with Crippen LogP contribution in [0.15, 0.2) is 42.5 Å². The molecule has 0 bridgehead atoms. The fourth-order valence-electron chi connectivity index (χ4n) is 2.97. The van der Waals surface area contributed by atoms with Gasteiger partial charge in [0.2, 0.25) is 11.8 Å². The van der Waals surface area contributed by atoms with Crippen molar-refractivity contribution in [3.63, 3.8) is 0 Å². The van der Waals surface area contributed by atoms with E-state index in [0.717, 1.165) is 35.4 Å². The molecule has 0 spiro atoms. The van der Waals surface area contributed by atoms with Gasteiger partial charge in [0.15, 0.2) is 0 Å². The van der Waals surface area contributed by atoms with Crippen LogP contribution >= 0.6 is 11.6 Å². The zero-order valence-corrected chi connectivity index (χ0v) is 17.6. The summed E-state index contributed by atoms with van der Waals surface area (Å²) in [5.41, 5.74) is 2.75. The molecule has 0 aromatic heterocycles. The Kier molecular flexibility index (Phi) is 7.15. The summed E-state index contributed by atoms with van der Waals surface area (Å²) >= 11 is 6.00.